The molecule has 2 aliphatic rings. The highest BCUT2D eigenvalue weighted by atomic mass is 16.3. The van der Waals surface area contributed by atoms with Gasteiger partial charge in [-0.3, -0.25) is 0 Å². The Labute approximate surface area is 67.8 Å². The number of aliphatic hydroxyl groups is 1. The second-order valence-corrected chi connectivity index (χ2v) is 4.44. The van der Waals surface area contributed by atoms with Gasteiger partial charge in [-0.2, -0.15) is 0 Å². The molecule has 0 aliphatic heterocycles. The maximum absolute atomic E-state index is 9.96. The van der Waals surface area contributed by atoms with Crippen molar-refractivity contribution in [2.75, 3.05) is 0 Å². The van der Waals surface area contributed by atoms with Crippen molar-refractivity contribution in [3.63, 3.8) is 0 Å². The van der Waals surface area contributed by atoms with Gasteiger partial charge in [0.2, 0.25) is 0 Å². The van der Waals surface area contributed by atoms with Gasteiger partial charge in [-0.15, -0.1) is 0 Å². The van der Waals surface area contributed by atoms with Gasteiger partial charge in [0.15, 0.2) is 0 Å². The standard InChI is InChI=1S/C9H17NO/c1-9(11)5-6-3-2-4-7(9)8(6)10/h6-8,11H,2-5,10H2,1H3/t6-,7-,8-,9-/m1/s1. The van der Waals surface area contributed by atoms with E-state index in [1.165, 1.54) is 12.8 Å². The third-order valence-corrected chi connectivity index (χ3v) is 3.57. The zero-order chi connectivity index (χ0) is 8.06. The summed E-state index contributed by atoms with van der Waals surface area (Å²) in [5.74, 6) is 0.977. The Morgan fingerprint density at radius 3 is 2.73 bits per heavy atom. The van der Waals surface area contributed by atoms with E-state index in [0.717, 1.165) is 12.8 Å². The van der Waals surface area contributed by atoms with Crippen molar-refractivity contribution >= 4 is 0 Å². The van der Waals surface area contributed by atoms with Gasteiger partial charge in [0, 0.05) is 12.0 Å². The minimum absolute atomic E-state index is 0.277. The van der Waals surface area contributed by atoms with Crippen molar-refractivity contribution < 1.29 is 5.11 Å². The molecule has 0 radical (unpaired) electrons. The average Bonchev–Trinajstić information content (AvgIpc) is 2.11. The average molecular weight is 155 g/mol. The van der Waals surface area contributed by atoms with E-state index in [0.29, 0.717) is 11.8 Å². The van der Waals surface area contributed by atoms with Crippen molar-refractivity contribution in [3.8, 4) is 0 Å². The second kappa shape index (κ2) is 2.20. The number of hydrogen-bond donors (Lipinski definition) is 2. The Bertz CT molecular complexity index is 167. The van der Waals surface area contributed by atoms with E-state index in [1.54, 1.807) is 0 Å². The Hall–Kier alpha value is -0.0800. The highest BCUT2D eigenvalue weighted by molar-refractivity contribution is 5.03. The summed E-state index contributed by atoms with van der Waals surface area (Å²) in [6, 6.07) is 0.277. The summed E-state index contributed by atoms with van der Waals surface area (Å²) in [4.78, 5) is 0. The molecule has 0 unspecified atom stereocenters. The van der Waals surface area contributed by atoms with Crippen molar-refractivity contribution in [1.82, 2.24) is 0 Å². The van der Waals surface area contributed by atoms with Crippen LogP contribution in [0.5, 0.6) is 0 Å². The molecule has 0 amide bonds. The van der Waals surface area contributed by atoms with E-state index < -0.39 is 5.60 Å². The summed E-state index contributed by atoms with van der Waals surface area (Å²) in [7, 11) is 0. The number of fused-ring (bicyclic) bond motifs is 2. The van der Waals surface area contributed by atoms with Gasteiger partial charge in [-0.05, 0) is 32.1 Å². The van der Waals surface area contributed by atoms with Crippen LogP contribution in [0.3, 0.4) is 0 Å². The van der Waals surface area contributed by atoms with Crippen LogP contribution in [0.2, 0.25) is 0 Å². The third-order valence-electron chi connectivity index (χ3n) is 3.57. The first-order valence-corrected chi connectivity index (χ1v) is 4.59. The zero-order valence-corrected chi connectivity index (χ0v) is 7.09. The van der Waals surface area contributed by atoms with Crippen molar-refractivity contribution in [1.29, 1.82) is 0 Å². The van der Waals surface area contributed by atoms with Crippen molar-refractivity contribution in [2.24, 2.45) is 17.6 Å². The fourth-order valence-corrected chi connectivity index (χ4v) is 2.96. The first-order valence-electron chi connectivity index (χ1n) is 4.59. The Morgan fingerprint density at radius 1 is 1.45 bits per heavy atom. The Morgan fingerprint density at radius 2 is 2.18 bits per heavy atom. The fraction of sp³-hybridized carbons (Fsp3) is 1.00. The normalized spacial score (nSPS) is 56.5. The van der Waals surface area contributed by atoms with Crippen LogP contribution in [0, 0.1) is 11.8 Å². The van der Waals surface area contributed by atoms with Gasteiger partial charge in [0.1, 0.15) is 0 Å². The molecule has 2 rings (SSSR count). The molecule has 2 bridgehead atoms. The van der Waals surface area contributed by atoms with Crippen molar-refractivity contribution in [2.45, 2.75) is 44.2 Å². The molecule has 0 heterocycles. The molecule has 2 nitrogen and oxygen atoms in total. The predicted molar refractivity (Wildman–Crippen MR) is 44.0 cm³/mol. The third kappa shape index (κ3) is 1.00. The summed E-state index contributed by atoms with van der Waals surface area (Å²) in [6.07, 6.45) is 4.55. The van der Waals surface area contributed by atoms with Crippen LogP contribution < -0.4 is 5.73 Å². The van der Waals surface area contributed by atoms with Gasteiger partial charge in [-0.25, -0.2) is 0 Å². The lowest BCUT2D eigenvalue weighted by Gasteiger charge is -2.30. The van der Waals surface area contributed by atoms with Crippen molar-refractivity contribution in [3.05, 3.63) is 0 Å². The first-order chi connectivity index (χ1) is 5.11. The van der Waals surface area contributed by atoms with Gasteiger partial charge >= 0.3 is 0 Å². The van der Waals surface area contributed by atoms with E-state index >= 15 is 0 Å². The van der Waals surface area contributed by atoms with E-state index in [4.69, 9.17) is 5.73 Å². The highest BCUT2D eigenvalue weighted by Gasteiger charge is 2.49. The molecular formula is C9H17NO. The number of rotatable bonds is 0. The van der Waals surface area contributed by atoms with E-state index in [-0.39, 0.29) is 6.04 Å². The Kier molecular flexibility index (Phi) is 1.52. The lowest BCUT2D eigenvalue weighted by atomic mass is 9.82. The van der Waals surface area contributed by atoms with E-state index in [9.17, 15) is 5.11 Å². The quantitative estimate of drug-likeness (QED) is 0.545. The topological polar surface area (TPSA) is 46.2 Å². The van der Waals surface area contributed by atoms with Crippen LogP contribution in [0.4, 0.5) is 0 Å². The summed E-state index contributed by atoms with van der Waals surface area (Å²) in [6.45, 7) is 1.95. The van der Waals surface area contributed by atoms with Gasteiger partial charge in [-0.1, -0.05) is 6.42 Å². The van der Waals surface area contributed by atoms with Gasteiger partial charge in [0.05, 0.1) is 5.60 Å². The molecule has 0 saturated heterocycles. The molecule has 11 heavy (non-hydrogen) atoms. The molecule has 2 saturated carbocycles. The number of nitrogens with two attached hydrogens (primary N) is 1. The molecule has 0 aromatic rings. The van der Waals surface area contributed by atoms with E-state index in [2.05, 4.69) is 0 Å². The van der Waals surface area contributed by atoms with Gasteiger partial charge in [0.25, 0.3) is 0 Å². The molecule has 64 valence electrons. The molecule has 2 aliphatic carbocycles. The van der Waals surface area contributed by atoms with Crippen LogP contribution in [0.1, 0.15) is 32.6 Å². The summed E-state index contributed by atoms with van der Waals surface area (Å²) in [5.41, 5.74) is 5.54. The molecule has 0 spiro atoms. The smallest absolute Gasteiger partial charge is 0.0665 e. The minimum Gasteiger partial charge on any atom is -0.390 e. The molecule has 0 aromatic heterocycles. The maximum Gasteiger partial charge on any atom is 0.0665 e. The minimum atomic E-state index is -0.458. The van der Waals surface area contributed by atoms with E-state index in [1.807, 2.05) is 6.92 Å². The summed E-state index contributed by atoms with van der Waals surface area (Å²) >= 11 is 0. The fourth-order valence-electron chi connectivity index (χ4n) is 2.96. The Balaban J connectivity index is 2.23. The maximum atomic E-state index is 9.96. The number of hydrogen-bond acceptors (Lipinski definition) is 2. The first kappa shape index (κ1) is 7.56. The molecule has 0 aromatic carbocycles. The van der Waals surface area contributed by atoms with Crippen LogP contribution in [0.25, 0.3) is 0 Å². The van der Waals surface area contributed by atoms with Gasteiger partial charge < -0.3 is 10.8 Å². The van der Waals surface area contributed by atoms with Crippen LogP contribution in [0.15, 0.2) is 0 Å². The predicted octanol–water partition coefficient (Wildman–Crippen LogP) is 0.885. The SMILES string of the molecule is C[C@@]1(O)C[C@H]2CCC[C@@H]1[C@@H]2N. The largest absolute Gasteiger partial charge is 0.390 e. The molecule has 2 fully saturated rings. The lowest BCUT2D eigenvalue weighted by Crippen LogP contribution is -2.40. The van der Waals surface area contributed by atoms with Crippen LogP contribution in [-0.4, -0.2) is 16.7 Å². The summed E-state index contributed by atoms with van der Waals surface area (Å²) < 4.78 is 0. The second-order valence-electron chi connectivity index (χ2n) is 4.44. The van der Waals surface area contributed by atoms with Crippen LogP contribution >= 0.6 is 0 Å². The lowest BCUT2D eigenvalue weighted by molar-refractivity contribution is 0.0158. The molecule has 3 N–H and O–H groups in total. The summed E-state index contributed by atoms with van der Waals surface area (Å²) in [5, 5.41) is 9.96. The highest BCUT2D eigenvalue weighted by Crippen LogP contribution is 2.47. The monoisotopic (exact) mass is 155 g/mol. The zero-order valence-electron chi connectivity index (χ0n) is 7.09. The molecule has 2 heteroatoms. The molecular weight excluding hydrogens is 138 g/mol. The molecule has 4 atom stereocenters. The van der Waals surface area contributed by atoms with Crippen LogP contribution in [-0.2, 0) is 0 Å².